The number of aromatic nitrogens is 2. The summed E-state index contributed by atoms with van der Waals surface area (Å²) in [6.07, 6.45) is 0. The van der Waals surface area contributed by atoms with Gasteiger partial charge in [0.1, 0.15) is 0 Å². The minimum absolute atomic E-state index is 0.171. The molecule has 0 aliphatic rings. The van der Waals surface area contributed by atoms with Gasteiger partial charge in [-0.3, -0.25) is 0 Å². The summed E-state index contributed by atoms with van der Waals surface area (Å²) in [6, 6.07) is 8.23. The van der Waals surface area contributed by atoms with Gasteiger partial charge in [0.2, 0.25) is 0 Å². The van der Waals surface area contributed by atoms with Crippen LogP contribution in [-0.2, 0) is 0 Å². The van der Waals surface area contributed by atoms with E-state index in [1.807, 2.05) is 12.1 Å². The van der Waals surface area contributed by atoms with Crippen LogP contribution >= 0.6 is 23.6 Å². The Morgan fingerprint density at radius 1 is 1.24 bits per heavy atom. The lowest BCUT2D eigenvalue weighted by Crippen LogP contribution is -2.05. The number of H-pyrrole nitrogens is 1. The number of nitrogens with one attached hydrogen (secondary N) is 1. The molecule has 0 radical (unpaired) electrons. The van der Waals surface area contributed by atoms with Crippen LogP contribution in [-0.4, -0.2) is 23.8 Å². The Hall–Kier alpha value is -1.79. The Labute approximate surface area is 131 Å². The Morgan fingerprint density at radius 3 is 2.57 bits per heavy atom. The number of thiophene rings is 1. The van der Waals surface area contributed by atoms with Gasteiger partial charge < -0.3 is 19.0 Å². The van der Waals surface area contributed by atoms with Crippen molar-refractivity contribution >= 4 is 34.6 Å². The van der Waals surface area contributed by atoms with Gasteiger partial charge in [-0.25, -0.2) is 0 Å². The minimum atomic E-state index is 0.171. The Morgan fingerprint density at radius 2 is 1.95 bits per heavy atom. The van der Waals surface area contributed by atoms with E-state index in [1.54, 1.807) is 25.6 Å². The lowest BCUT2D eigenvalue weighted by molar-refractivity contribution is 0.355. The van der Waals surface area contributed by atoms with Gasteiger partial charge in [-0.05, 0) is 30.6 Å². The lowest BCUT2D eigenvalue weighted by atomic mass is 10.2. The Bertz CT molecular complexity index is 818. The molecule has 0 fully saturated rings. The van der Waals surface area contributed by atoms with Crippen LogP contribution in [0, 0.1) is 4.77 Å². The zero-order chi connectivity index (χ0) is 15.0. The van der Waals surface area contributed by atoms with Crippen LogP contribution in [0.25, 0.3) is 11.0 Å². The van der Waals surface area contributed by atoms with Crippen LogP contribution < -0.4 is 9.47 Å². The van der Waals surface area contributed by atoms with E-state index in [9.17, 15) is 0 Å². The second kappa shape index (κ2) is 5.54. The molecule has 0 aliphatic carbocycles. The summed E-state index contributed by atoms with van der Waals surface area (Å²) < 4.78 is 13.5. The maximum atomic E-state index is 5.49. The molecule has 2 aromatic heterocycles. The zero-order valence-electron chi connectivity index (χ0n) is 12.0. The van der Waals surface area contributed by atoms with Crippen molar-refractivity contribution in [2.75, 3.05) is 14.2 Å². The van der Waals surface area contributed by atoms with E-state index in [0.717, 1.165) is 11.0 Å². The highest BCUT2D eigenvalue weighted by molar-refractivity contribution is 7.71. The molecular formula is C15H16N2O2S2. The minimum Gasteiger partial charge on any atom is -0.493 e. The highest BCUT2D eigenvalue weighted by Gasteiger charge is 2.16. The summed E-state index contributed by atoms with van der Waals surface area (Å²) in [5, 5.41) is 2.08. The molecule has 1 atom stereocenters. The topological polar surface area (TPSA) is 39.2 Å². The number of ether oxygens (including phenoxy) is 2. The first kappa shape index (κ1) is 14.2. The predicted molar refractivity (Wildman–Crippen MR) is 88.4 cm³/mol. The summed E-state index contributed by atoms with van der Waals surface area (Å²) in [7, 11) is 3.27. The van der Waals surface area contributed by atoms with Gasteiger partial charge >= 0.3 is 0 Å². The molecule has 0 amide bonds. The first-order valence-electron chi connectivity index (χ1n) is 6.55. The second-order valence-corrected chi connectivity index (χ2v) is 6.08. The van der Waals surface area contributed by atoms with Gasteiger partial charge in [0, 0.05) is 17.0 Å². The number of hydrogen-bond acceptors (Lipinski definition) is 4. The standard InChI is InChI=1S/C15H16N2O2S2/c1-9(14-5-4-6-21-14)17-11-8-13(19-3)12(18-2)7-10(11)16-15(17)20/h4-9H,1-3H3,(H,16,20). The summed E-state index contributed by atoms with van der Waals surface area (Å²) >= 11 is 7.22. The van der Waals surface area contributed by atoms with Gasteiger partial charge in [0.15, 0.2) is 16.3 Å². The van der Waals surface area contributed by atoms with Crippen LogP contribution in [0.15, 0.2) is 29.6 Å². The number of hydrogen-bond donors (Lipinski definition) is 1. The second-order valence-electron chi connectivity index (χ2n) is 4.72. The third kappa shape index (κ3) is 2.34. The molecule has 1 aromatic carbocycles. The van der Waals surface area contributed by atoms with Crippen molar-refractivity contribution in [3.63, 3.8) is 0 Å². The molecule has 4 nitrogen and oxygen atoms in total. The van der Waals surface area contributed by atoms with Crippen molar-refractivity contribution in [1.29, 1.82) is 0 Å². The van der Waals surface area contributed by atoms with E-state index in [-0.39, 0.29) is 6.04 Å². The van der Waals surface area contributed by atoms with Gasteiger partial charge in [-0.2, -0.15) is 0 Å². The number of nitrogens with zero attached hydrogens (tertiary/aromatic N) is 1. The van der Waals surface area contributed by atoms with Crippen LogP contribution in [0.5, 0.6) is 11.5 Å². The van der Waals surface area contributed by atoms with Crippen molar-refractivity contribution in [3.05, 3.63) is 39.3 Å². The number of rotatable bonds is 4. The molecule has 3 rings (SSSR count). The van der Waals surface area contributed by atoms with Crippen molar-refractivity contribution in [3.8, 4) is 11.5 Å². The molecule has 0 aliphatic heterocycles. The molecule has 2 heterocycles. The molecule has 3 aromatic rings. The average Bonchev–Trinajstić information content (AvgIpc) is 3.11. The molecule has 0 bridgehead atoms. The van der Waals surface area contributed by atoms with E-state index in [2.05, 4.69) is 34.0 Å². The number of imidazole rings is 1. The number of benzene rings is 1. The predicted octanol–water partition coefficient (Wildman–Crippen LogP) is 4.39. The van der Waals surface area contributed by atoms with Crippen molar-refractivity contribution in [2.24, 2.45) is 0 Å². The Kier molecular flexibility index (Phi) is 3.73. The molecule has 0 saturated carbocycles. The molecule has 6 heteroatoms. The highest BCUT2D eigenvalue weighted by atomic mass is 32.1. The molecule has 0 saturated heterocycles. The SMILES string of the molecule is COc1cc2[nH]c(=S)n(C(C)c3cccs3)c2cc1OC. The van der Waals surface area contributed by atoms with Gasteiger partial charge in [-0.15, -0.1) is 11.3 Å². The maximum absolute atomic E-state index is 5.49. The van der Waals surface area contributed by atoms with Crippen LogP contribution in [0.3, 0.4) is 0 Å². The van der Waals surface area contributed by atoms with Crippen molar-refractivity contribution in [2.45, 2.75) is 13.0 Å². The fourth-order valence-corrected chi connectivity index (χ4v) is 3.63. The Balaban J connectivity index is 2.23. The summed E-state index contributed by atoms with van der Waals surface area (Å²) in [6.45, 7) is 2.14. The first-order chi connectivity index (χ1) is 10.2. The fraction of sp³-hybridized carbons (Fsp3) is 0.267. The molecule has 110 valence electrons. The largest absolute Gasteiger partial charge is 0.493 e. The van der Waals surface area contributed by atoms with Crippen molar-refractivity contribution in [1.82, 2.24) is 9.55 Å². The van der Waals surface area contributed by atoms with E-state index in [1.165, 1.54) is 4.88 Å². The van der Waals surface area contributed by atoms with Crippen LogP contribution in [0.1, 0.15) is 17.8 Å². The molecular weight excluding hydrogens is 304 g/mol. The average molecular weight is 320 g/mol. The van der Waals surface area contributed by atoms with Crippen LogP contribution in [0.2, 0.25) is 0 Å². The normalized spacial score (nSPS) is 12.5. The third-order valence-electron chi connectivity index (χ3n) is 3.56. The monoisotopic (exact) mass is 320 g/mol. The highest BCUT2D eigenvalue weighted by Crippen LogP contribution is 2.34. The molecule has 0 spiro atoms. The quantitative estimate of drug-likeness (QED) is 0.725. The number of fused-ring (bicyclic) bond motifs is 1. The van der Waals surface area contributed by atoms with E-state index < -0.39 is 0 Å². The van der Waals surface area contributed by atoms with E-state index in [0.29, 0.717) is 16.3 Å². The smallest absolute Gasteiger partial charge is 0.178 e. The maximum Gasteiger partial charge on any atom is 0.178 e. The molecule has 1 N–H and O–H groups in total. The first-order valence-corrected chi connectivity index (χ1v) is 7.84. The van der Waals surface area contributed by atoms with E-state index in [4.69, 9.17) is 21.7 Å². The molecule has 21 heavy (non-hydrogen) atoms. The summed E-state index contributed by atoms with van der Waals surface area (Å²) in [4.78, 5) is 4.51. The zero-order valence-corrected chi connectivity index (χ0v) is 13.7. The summed E-state index contributed by atoms with van der Waals surface area (Å²) in [5.74, 6) is 1.39. The van der Waals surface area contributed by atoms with E-state index >= 15 is 0 Å². The number of aromatic amines is 1. The van der Waals surface area contributed by atoms with Gasteiger partial charge in [0.05, 0.1) is 31.3 Å². The number of methoxy groups -OCH3 is 2. The lowest BCUT2D eigenvalue weighted by Gasteiger charge is -2.14. The van der Waals surface area contributed by atoms with Crippen LogP contribution in [0.4, 0.5) is 0 Å². The van der Waals surface area contributed by atoms with Gasteiger partial charge in [0.25, 0.3) is 0 Å². The fourth-order valence-electron chi connectivity index (χ4n) is 2.49. The van der Waals surface area contributed by atoms with Crippen molar-refractivity contribution < 1.29 is 9.47 Å². The third-order valence-corrected chi connectivity index (χ3v) is 4.91. The van der Waals surface area contributed by atoms with Gasteiger partial charge in [-0.1, -0.05) is 6.07 Å². The summed E-state index contributed by atoms with van der Waals surface area (Å²) in [5.41, 5.74) is 1.96. The molecule has 1 unspecified atom stereocenters.